The van der Waals surface area contributed by atoms with Gasteiger partial charge in [0.25, 0.3) is 0 Å². The van der Waals surface area contributed by atoms with Crippen molar-refractivity contribution in [3.05, 3.63) is 25.3 Å². The van der Waals surface area contributed by atoms with Crippen LogP contribution < -0.4 is 10.2 Å². The molecule has 0 aliphatic carbocycles. The number of carboxylic acids is 2. The first-order valence-corrected chi connectivity index (χ1v) is 3.34. The van der Waals surface area contributed by atoms with Crippen LogP contribution in [0.25, 0.3) is 0 Å². The molecular weight excluding hydrogens is 232 g/mol. The monoisotopic (exact) mass is 244 g/mol. The van der Waals surface area contributed by atoms with Crippen LogP contribution in [0, 0.1) is 0 Å². The minimum atomic E-state index is -1.23. The predicted octanol–water partition coefficient (Wildman–Crippen LogP) is -3.57. The Hall–Kier alpha value is -0.400. The van der Waals surface area contributed by atoms with Gasteiger partial charge >= 0.3 is 37.7 Å². The van der Waals surface area contributed by atoms with Gasteiger partial charge in [-0.25, -0.2) is 0 Å². The molecule has 0 radical (unpaired) electrons. The first kappa shape index (κ1) is 24.0. The van der Waals surface area contributed by atoms with Crippen molar-refractivity contribution in [2.75, 3.05) is 13.2 Å². The van der Waals surface area contributed by atoms with Crippen LogP contribution in [0.15, 0.2) is 25.3 Å². The summed E-state index contributed by atoms with van der Waals surface area (Å²) >= 11 is 0. The summed E-state index contributed by atoms with van der Waals surface area (Å²) in [6.07, 6.45) is 1.44. The molecule has 6 nitrogen and oxygen atoms in total. The topological polar surface area (TPSA) is 121 Å². The van der Waals surface area contributed by atoms with Gasteiger partial charge in [-0.05, 0) is 12.2 Å². The van der Waals surface area contributed by atoms with Gasteiger partial charge in [0.05, 0.1) is 25.2 Å². The second-order valence-corrected chi connectivity index (χ2v) is 1.49. The van der Waals surface area contributed by atoms with Gasteiger partial charge in [-0.15, -0.1) is 0 Å². The van der Waals surface area contributed by atoms with Crippen molar-refractivity contribution in [2.24, 2.45) is 0 Å². The fourth-order valence-electron chi connectivity index (χ4n) is 0. The van der Waals surface area contributed by atoms with E-state index in [1.54, 1.807) is 0 Å². The van der Waals surface area contributed by atoms with Crippen LogP contribution >= 0.6 is 0 Å². The van der Waals surface area contributed by atoms with Gasteiger partial charge in [-0.2, -0.15) is 0 Å². The van der Waals surface area contributed by atoms with Crippen LogP contribution in [0.2, 0.25) is 0 Å². The maximum absolute atomic E-state index is 9.14. The maximum atomic E-state index is 9.14. The number of aliphatic carboxylic acids is 2. The van der Waals surface area contributed by atoms with Crippen molar-refractivity contribution in [3.63, 3.8) is 0 Å². The zero-order chi connectivity index (χ0) is 12.0. The van der Waals surface area contributed by atoms with Crippen LogP contribution in [0.1, 0.15) is 0 Å². The third kappa shape index (κ3) is 86.5. The molecule has 0 aliphatic heterocycles. The zero-order valence-corrected chi connectivity index (χ0v) is 10.4. The van der Waals surface area contributed by atoms with E-state index in [-0.39, 0.29) is 51.0 Å². The third-order valence-corrected chi connectivity index (χ3v) is 0.433. The van der Waals surface area contributed by atoms with E-state index >= 15 is 0 Å². The molecule has 0 amide bonds. The van der Waals surface area contributed by atoms with Gasteiger partial charge in [0.15, 0.2) is 0 Å². The molecule has 0 rings (SSSR count). The second kappa shape index (κ2) is 23.4. The standard InChI is InChI=1S/2C3H4O2.C2H6O2.Ca/c2*1-2-3(4)5;3-1-2-4;/h2*2H,1H2,(H,4,5);3-4H,1-2H2;/q;;;+2/p-2. The van der Waals surface area contributed by atoms with Crippen molar-refractivity contribution in [3.8, 4) is 0 Å². The van der Waals surface area contributed by atoms with E-state index in [9.17, 15) is 0 Å². The summed E-state index contributed by atoms with van der Waals surface area (Å²) < 4.78 is 0. The molecule has 0 fully saturated rings. The summed E-state index contributed by atoms with van der Waals surface area (Å²) in [6, 6.07) is 0. The van der Waals surface area contributed by atoms with E-state index < -0.39 is 11.9 Å². The SMILES string of the molecule is C=CC(=O)[O-].C=CC(=O)[O-].OCCO.[Ca+2]. The number of carbonyl (C=O) groups excluding carboxylic acids is 2. The van der Waals surface area contributed by atoms with Crippen molar-refractivity contribution in [2.45, 2.75) is 0 Å². The van der Waals surface area contributed by atoms with Gasteiger partial charge in [-0.1, -0.05) is 13.2 Å². The second-order valence-electron chi connectivity index (χ2n) is 1.49. The van der Waals surface area contributed by atoms with Gasteiger partial charge < -0.3 is 30.0 Å². The average Bonchev–Trinajstić information content (AvgIpc) is 2.19. The fourth-order valence-corrected chi connectivity index (χ4v) is 0. The zero-order valence-electron chi connectivity index (χ0n) is 8.22. The summed E-state index contributed by atoms with van der Waals surface area (Å²) in [6.45, 7) is 5.55. The van der Waals surface area contributed by atoms with Crippen LogP contribution in [-0.4, -0.2) is 73.1 Å². The molecule has 0 spiro atoms. The Balaban J connectivity index is -0.0000000590. The normalized spacial score (nSPS) is 6.27. The third-order valence-electron chi connectivity index (χ3n) is 0.433. The fraction of sp³-hybridized carbons (Fsp3) is 0.250. The number of aliphatic hydroxyl groups is 2. The van der Waals surface area contributed by atoms with Crippen LogP contribution in [0.4, 0.5) is 0 Å². The summed E-state index contributed by atoms with van der Waals surface area (Å²) in [5, 5.41) is 33.5. The van der Waals surface area contributed by atoms with Crippen LogP contribution in [0.5, 0.6) is 0 Å². The molecule has 0 aliphatic rings. The quantitative estimate of drug-likeness (QED) is 0.391. The molecule has 2 N–H and O–H groups in total. The van der Waals surface area contributed by atoms with E-state index in [0.29, 0.717) is 0 Å². The molecule has 15 heavy (non-hydrogen) atoms. The molecule has 0 unspecified atom stereocenters. The Morgan fingerprint density at radius 3 is 1.13 bits per heavy atom. The molecule has 0 aromatic rings. The largest absolute Gasteiger partial charge is 2.00 e. The Morgan fingerprint density at radius 1 is 1.00 bits per heavy atom. The van der Waals surface area contributed by atoms with Crippen molar-refractivity contribution >= 4 is 49.7 Å². The van der Waals surface area contributed by atoms with E-state index in [1.807, 2.05) is 0 Å². The minimum Gasteiger partial charge on any atom is -0.545 e. The molecule has 0 bridgehead atoms. The van der Waals surface area contributed by atoms with Gasteiger partial charge in [0, 0.05) is 0 Å². The Morgan fingerprint density at radius 2 is 1.13 bits per heavy atom. The van der Waals surface area contributed by atoms with Crippen molar-refractivity contribution < 1.29 is 30.0 Å². The Kier molecular flexibility index (Phi) is 37.5. The first-order chi connectivity index (χ1) is 6.45. The van der Waals surface area contributed by atoms with E-state index in [2.05, 4.69) is 13.2 Å². The van der Waals surface area contributed by atoms with Gasteiger partial charge in [-0.3, -0.25) is 0 Å². The molecule has 82 valence electrons. The van der Waals surface area contributed by atoms with Gasteiger partial charge in [0.1, 0.15) is 0 Å². The number of rotatable bonds is 3. The molecule has 0 saturated carbocycles. The van der Waals surface area contributed by atoms with Crippen LogP contribution in [-0.2, 0) is 9.59 Å². The maximum Gasteiger partial charge on any atom is 2.00 e. The van der Waals surface area contributed by atoms with E-state index in [1.165, 1.54) is 0 Å². The molecule has 0 heterocycles. The molecule has 7 heteroatoms. The number of carboxylic acid groups (broad SMARTS) is 2. The number of aliphatic hydroxyl groups excluding tert-OH is 2. The molecule has 0 aromatic carbocycles. The molecule has 0 saturated heterocycles. The van der Waals surface area contributed by atoms with Crippen molar-refractivity contribution in [1.29, 1.82) is 0 Å². The summed E-state index contributed by atoms with van der Waals surface area (Å²) in [4.78, 5) is 18.3. The number of carbonyl (C=O) groups is 2. The number of hydrogen-bond donors (Lipinski definition) is 2. The summed E-state index contributed by atoms with van der Waals surface area (Å²) in [5.41, 5.74) is 0. The summed E-state index contributed by atoms with van der Waals surface area (Å²) in [7, 11) is 0. The Labute approximate surface area is 118 Å². The molecular formula is C8H12CaO6. The smallest absolute Gasteiger partial charge is 0.545 e. The van der Waals surface area contributed by atoms with E-state index in [0.717, 1.165) is 12.2 Å². The van der Waals surface area contributed by atoms with Crippen LogP contribution in [0.3, 0.4) is 0 Å². The van der Waals surface area contributed by atoms with Gasteiger partial charge in [0.2, 0.25) is 0 Å². The molecule has 0 aromatic heterocycles. The average molecular weight is 244 g/mol. The molecule has 0 atom stereocenters. The van der Waals surface area contributed by atoms with Crippen molar-refractivity contribution in [1.82, 2.24) is 0 Å². The first-order valence-electron chi connectivity index (χ1n) is 3.34. The minimum absolute atomic E-state index is 0. The number of hydrogen-bond acceptors (Lipinski definition) is 6. The Bertz CT molecular complexity index is 160. The van der Waals surface area contributed by atoms with E-state index in [4.69, 9.17) is 30.0 Å². The summed E-state index contributed by atoms with van der Waals surface area (Å²) in [5.74, 6) is -2.46. The predicted molar refractivity (Wildman–Crippen MR) is 50.3 cm³/mol.